The quantitative estimate of drug-likeness (QED) is 0.775. The molecular formula is C21H22ClN3O3S. The second kappa shape index (κ2) is 8.55. The second-order valence-corrected chi connectivity index (χ2v) is 8.82. The summed E-state index contributed by atoms with van der Waals surface area (Å²) >= 11 is 7.33. The first kappa shape index (κ1) is 19.9. The summed E-state index contributed by atoms with van der Waals surface area (Å²) in [7, 11) is 0. The van der Waals surface area contributed by atoms with Gasteiger partial charge in [0.2, 0.25) is 11.8 Å². The van der Waals surface area contributed by atoms with Gasteiger partial charge in [-0.15, -0.1) is 11.3 Å². The van der Waals surface area contributed by atoms with E-state index in [-0.39, 0.29) is 36.2 Å². The number of hydrogen-bond donors (Lipinski definition) is 2. The largest absolute Gasteiger partial charge is 0.349 e. The van der Waals surface area contributed by atoms with Crippen molar-refractivity contribution in [1.82, 2.24) is 10.2 Å². The minimum Gasteiger partial charge on any atom is -0.349 e. The molecule has 6 nitrogen and oxygen atoms in total. The average molecular weight is 432 g/mol. The lowest BCUT2D eigenvalue weighted by Gasteiger charge is -2.47. The summed E-state index contributed by atoms with van der Waals surface area (Å²) in [5.41, 5.74) is 0.561. The van der Waals surface area contributed by atoms with Crippen molar-refractivity contribution in [3.8, 4) is 0 Å². The topological polar surface area (TPSA) is 78.5 Å². The highest BCUT2D eigenvalue weighted by Crippen LogP contribution is 2.31. The Labute approximate surface area is 178 Å². The molecule has 2 aliphatic rings. The van der Waals surface area contributed by atoms with Crippen LogP contribution in [0, 0.1) is 0 Å². The molecule has 4 rings (SSSR count). The maximum Gasteiger partial charge on any atom is 0.264 e. The normalized spacial score (nSPS) is 23.8. The summed E-state index contributed by atoms with van der Waals surface area (Å²) in [4.78, 5) is 41.1. The van der Waals surface area contributed by atoms with Crippen LogP contribution in [0.5, 0.6) is 0 Å². The summed E-state index contributed by atoms with van der Waals surface area (Å²) in [5.74, 6) is -0.766. The minimum atomic E-state index is -0.830. The number of nitrogens with zero attached hydrogens (tertiary/aromatic N) is 1. The number of carbonyl (C=O) groups excluding carboxylic acids is 3. The molecule has 0 bridgehead atoms. The molecule has 0 radical (unpaired) electrons. The lowest BCUT2D eigenvalue weighted by molar-refractivity contribution is -0.135. The molecule has 1 aromatic heterocycles. The maximum atomic E-state index is 13.3. The van der Waals surface area contributed by atoms with E-state index in [0.717, 1.165) is 25.7 Å². The Bertz CT molecular complexity index is 918. The first-order chi connectivity index (χ1) is 14.0. The molecule has 1 saturated heterocycles. The third-order valence-corrected chi connectivity index (χ3v) is 6.60. The van der Waals surface area contributed by atoms with Gasteiger partial charge >= 0.3 is 0 Å². The van der Waals surface area contributed by atoms with Crippen LogP contribution in [0.1, 0.15) is 41.8 Å². The molecule has 0 unspecified atom stereocenters. The molecule has 1 aliphatic carbocycles. The van der Waals surface area contributed by atoms with Gasteiger partial charge in [-0.2, -0.15) is 0 Å². The molecule has 3 amide bonds. The van der Waals surface area contributed by atoms with Crippen LogP contribution in [0.4, 0.5) is 5.69 Å². The molecule has 1 aliphatic heterocycles. The Morgan fingerprint density at radius 3 is 2.79 bits per heavy atom. The SMILES string of the molecule is O=C(C[C@@H]1C(=O)N[C@H]2CCCC[C@@H]2N1C(=O)c1cccs1)Nc1cccc(Cl)c1. The van der Waals surface area contributed by atoms with E-state index >= 15 is 0 Å². The minimum absolute atomic E-state index is 0.0487. The van der Waals surface area contributed by atoms with Gasteiger partial charge in [0.1, 0.15) is 6.04 Å². The van der Waals surface area contributed by atoms with Crippen LogP contribution < -0.4 is 10.6 Å². The van der Waals surface area contributed by atoms with Gasteiger partial charge in [0.15, 0.2) is 0 Å². The molecule has 152 valence electrons. The van der Waals surface area contributed by atoms with E-state index in [9.17, 15) is 14.4 Å². The zero-order valence-electron chi connectivity index (χ0n) is 15.8. The smallest absolute Gasteiger partial charge is 0.264 e. The van der Waals surface area contributed by atoms with Crippen LogP contribution in [0.25, 0.3) is 0 Å². The summed E-state index contributed by atoms with van der Waals surface area (Å²) in [5, 5.41) is 8.18. The number of thiophene rings is 1. The number of carbonyl (C=O) groups is 3. The van der Waals surface area contributed by atoms with Crippen molar-refractivity contribution in [3.05, 3.63) is 51.7 Å². The van der Waals surface area contributed by atoms with Gasteiger partial charge in [-0.3, -0.25) is 14.4 Å². The van der Waals surface area contributed by atoms with Crippen LogP contribution in [0.15, 0.2) is 41.8 Å². The number of piperazine rings is 1. The molecule has 0 spiro atoms. The fourth-order valence-electron chi connectivity index (χ4n) is 4.21. The highest BCUT2D eigenvalue weighted by Gasteiger charge is 2.46. The van der Waals surface area contributed by atoms with Crippen LogP contribution in [0.3, 0.4) is 0 Å². The fourth-order valence-corrected chi connectivity index (χ4v) is 5.07. The van der Waals surface area contributed by atoms with Crippen molar-refractivity contribution in [2.45, 2.75) is 50.2 Å². The number of amides is 3. The number of fused-ring (bicyclic) bond motifs is 1. The van der Waals surface area contributed by atoms with E-state index < -0.39 is 6.04 Å². The lowest BCUT2D eigenvalue weighted by Crippen LogP contribution is -2.67. The zero-order valence-corrected chi connectivity index (χ0v) is 17.3. The Hall–Kier alpha value is -2.38. The van der Waals surface area contributed by atoms with Gasteiger partial charge in [0.25, 0.3) is 5.91 Å². The molecule has 1 saturated carbocycles. The van der Waals surface area contributed by atoms with Crippen LogP contribution in [-0.4, -0.2) is 40.7 Å². The number of anilines is 1. The predicted octanol–water partition coefficient (Wildman–Crippen LogP) is 3.68. The zero-order chi connectivity index (χ0) is 20.4. The molecule has 1 aromatic carbocycles. The summed E-state index contributed by atoms with van der Waals surface area (Å²) in [6, 6.07) is 9.46. The fraction of sp³-hybridized carbons (Fsp3) is 0.381. The highest BCUT2D eigenvalue weighted by molar-refractivity contribution is 7.12. The Kier molecular flexibility index (Phi) is 5.87. The molecule has 29 heavy (non-hydrogen) atoms. The average Bonchev–Trinajstić information content (AvgIpc) is 3.23. The first-order valence-electron chi connectivity index (χ1n) is 9.75. The van der Waals surface area contributed by atoms with Gasteiger partial charge in [-0.1, -0.05) is 36.6 Å². The Morgan fingerprint density at radius 2 is 2.03 bits per heavy atom. The Balaban J connectivity index is 1.57. The van der Waals surface area contributed by atoms with Crippen molar-refractivity contribution in [2.24, 2.45) is 0 Å². The van der Waals surface area contributed by atoms with Crippen LogP contribution >= 0.6 is 22.9 Å². The molecule has 2 heterocycles. The number of hydrogen-bond acceptors (Lipinski definition) is 4. The molecular weight excluding hydrogens is 410 g/mol. The number of halogens is 1. The molecule has 2 N–H and O–H groups in total. The van der Waals surface area contributed by atoms with Crippen molar-refractivity contribution in [1.29, 1.82) is 0 Å². The maximum absolute atomic E-state index is 13.3. The second-order valence-electron chi connectivity index (χ2n) is 7.44. The monoisotopic (exact) mass is 431 g/mol. The van der Waals surface area contributed by atoms with E-state index in [4.69, 9.17) is 11.6 Å². The highest BCUT2D eigenvalue weighted by atomic mass is 35.5. The number of benzene rings is 1. The van der Waals surface area contributed by atoms with Gasteiger partial charge in [-0.05, 0) is 42.5 Å². The van der Waals surface area contributed by atoms with Gasteiger partial charge in [0, 0.05) is 16.8 Å². The van der Waals surface area contributed by atoms with E-state index in [1.807, 2.05) is 11.4 Å². The molecule has 2 aromatic rings. The van der Waals surface area contributed by atoms with Gasteiger partial charge < -0.3 is 15.5 Å². The van der Waals surface area contributed by atoms with Crippen molar-refractivity contribution >= 4 is 46.3 Å². The van der Waals surface area contributed by atoms with Crippen molar-refractivity contribution in [2.75, 3.05) is 5.32 Å². The number of rotatable bonds is 4. The summed E-state index contributed by atoms with van der Waals surface area (Å²) < 4.78 is 0. The summed E-state index contributed by atoms with van der Waals surface area (Å²) in [6.45, 7) is 0. The van der Waals surface area contributed by atoms with Crippen LogP contribution in [-0.2, 0) is 9.59 Å². The van der Waals surface area contributed by atoms with E-state index in [0.29, 0.717) is 15.6 Å². The Morgan fingerprint density at radius 1 is 1.21 bits per heavy atom. The predicted molar refractivity (Wildman–Crippen MR) is 113 cm³/mol. The lowest BCUT2D eigenvalue weighted by atomic mass is 9.85. The standard InChI is InChI=1S/C21H22ClN3O3S/c22-13-5-3-6-14(11-13)23-19(26)12-17-20(27)24-15-7-1-2-8-16(15)25(17)21(28)18-9-4-10-29-18/h3-6,9-11,15-17H,1-2,7-8,12H2,(H,23,26)(H,24,27)/t15-,16-,17+/m0/s1. The van der Waals surface area contributed by atoms with Crippen molar-refractivity contribution in [3.63, 3.8) is 0 Å². The third kappa shape index (κ3) is 4.31. The van der Waals surface area contributed by atoms with Crippen LogP contribution in [0.2, 0.25) is 5.02 Å². The van der Waals surface area contributed by atoms with Crippen molar-refractivity contribution < 1.29 is 14.4 Å². The van der Waals surface area contributed by atoms with Gasteiger partial charge in [-0.25, -0.2) is 0 Å². The van der Waals surface area contributed by atoms with E-state index in [2.05, 4.69) is 10.6 Å². The van der Waals surface area contributed by atoms with E-state index in [1.54, 1.807) is 35.2 Å². The first-order valence-corrected chi connectivity index (χ1v) is 11.0. The van der Waals surface area contributed by atoms with E-state index in [1.165, 1.54) is 11.3 Å². The molecule has 8 heteroatoms. The third-order valence-electron chi connectivity index (χ3n) is 5.51. The molecule has 3 atom stereocenters. The number of nitrogens with one attached hydrogen (secondary N) is 2. The molecule has 2 fully saturated rings. The summed E-state index contributed by atoms with van der Waals surface area (Å²) in [6.07, 6.45) is 3.62. The van der Waals surface area contributed by atoms with Gasteiger partial charge in [0.05, 0.1) is 17.3 Å².